The molecule has 202 valence electrons. The third-order valence-corrected chi connectivity index (χ3v) is 7.98. The van der Waals surface area contributed by atoms with E-state index in [9.17, 15) is 15.3 Å². The van der Waals surface area contributed by atoms with Gasteiger partial charge in [-0.1, -0.05) is 49.9 Å². The molecular weight excluding hydrogens is 541 g/mol. The number of nitrogen functional groups attached to an aromatic ring is 1. The largest absolute Gasteiger partial charge is 0.494 e. The summed E-state index contributed by atoms with van der Waals surface area (Å²) in [7, 11) is 0. The summed E-state index contributed by atoms with van der Waals surface area (Å²) in [5.41, 5.74) is 10.4. The number of carbonyl (C=O) groups excluding carboxylic acids is 1. The van der Waals surface area contributed by atoms with E-state index in [0.29, 0.717) is 33.8 Å². The number of thioether (sulfide) groups is 1. The molecule has 0 fully saturated rings. The quantitative estimate of drug-likeness (QED) is 0.209. The fraction of sp³-hybridized carbons (Fsp3) is 0.233. The number of pyridine rings is 1. The number of rotatable bonds is 9. The van der Waals surface area contributed by atoms with Gasteiger partial charge >= 0.3 is 0 Å². The van der Waals surface area contributed by atoms with E-state index in [1.165, 1.54) is 11.3 Å². The lowest BCUT2D eigenvalue weighted by Crippen LogP contribution is -2.22. The van der Waals surface area contributed by atoms with Gasteiger partial charge in [0.1, 0.15) is 34.3 Å². The van der Waals surface area contributed by atoms with Crippen molar-refractivity contribution in [2.75, 3.05) is 17.7 Å². The first-order valence-corrected chi connectivity index (χ1v) is 14.4. The van der Waals surface area contributed by atoms with Gasteiger partial charge in [0, 0.05) is 16.5 Å². The Morgan fingerprint density at radius 3 is 2.27 bits per heavy atom. The van der Waals surface area contributed by atoms with Crippen molar-refractivity contribution in [1.29, 1.82) is 10.5 Å². The van der Waals surface area contributed by atoms with Gasteiger partial charge in [-0.05, 0) is 55.2 Å². The zero-order valence-electron chi connectivity index (χ0n) is 22.6. The normalized spacial score (nSPS) is 11.5. The van der Waals surface area contributed by atoms with E-state index < -0.39 is 5.25 Å². The van der Waals surface area contributed by atoms with Gasteiger partial charge in [-0.15, -0.1) is 11.3 Å². The molecule has 1 atom stereocenters. The lowest BCUT2D eigenvalue weighted by atomic mass is 9.94. The van der Waals surface area contributed by atoms with Crippen LogP contribution >= 0.6 is 23.1 Å². The molecule has 4 aromatic rings. The molecule has 0 aliphatic rings. The van der Waals surface area contributed by atoms with Crippen molar-refractivity contribution >= 4 is 40.0 Å². The molecule has 1 unspecified atom stereocenters. The maximum atomic E-state index is 13.1. The lowest BCUT2D eigenvalue weighted by molar-refractivity contribution is -0.115. The Morgan fingerprint density at radius 2 is 1.68 bits per heavy atom. The van der Waals surface area contributed by atoms with E-state index in [4.69, 9.17) is 10.5 Å². The number of anilines is 2. The van der Waals surface area contributed by atoms with E-state index in [2.05, 4.69) is 41.3 Å². The highest BCUT2D eigenvalue weighted by Crippen LogP contribution is 2.37. The number of nitrogens with two attached hydrogens (primary N) is 1. The fourth-order valence-corrected chi connectivity index (χ4v) is 5.63. The summed E-state index contributed by atoms with van der Waals surface area (Å²) in [6, 6.07) is 19.6. The van der Waals surface area contributed by atoms with Crippen molar-refractivity contribution in [1.82, 2.24) is 9.97 Å². The van der Waals surface area contributed by atoms with E-state index in [1.807, 2.05) is 60.8 Å². The molecule has 40 heavy (non-hydrogen) atoms. The molecule has 0 bridgehead atoms. The second-order valence-corrected chi connectivity index (χ2v) is 11.4. The Bertz CT molecular complexity index is 1600. The minimum Gasteiger partial charge on any atom is -0.494 e. The van der Waals surface area contributed by atoms with Crippen LogP contribution in [-0.2, 0) is 4.79 Å². The van der Waals surface area contributed by atoms with Gasteiger partial charge < -0.3 is 15.8 Å². The highest BCUT2D eigenvalue weighted by molar-refractivity contribution is 8.00. The van der Waals surface area contributed by atoms with Crippen LogP contribution in [0.5, 0.6) is 5.75 Å². The molecule has 0 radical (unpaired) electrons. The minimum absolute atomic E-state index is 0.0134. The molecule has 2 heterocycles. The number of nitriles is 2. The van der Waals surface area contributed by atoms with Gasteiger partial charge in [0.05, 0.1) is 23.1 Å². The molecule has 1 amide bonds. The molecule has 0 saturated heterocycles. The number of nitrogens with one attached hydrogen (secondary N) is 1. The maximum Gasteiger partial charge on any atom is 0.239 e. The Labute approximate surface area is 241 Å². The zero-order chi connectivity index (χ0) is 28.8. The Hall–Kier alpha value is -4.38. The second kappa shape index (κ2) is 12.6. The summed E-state index contributed by atoms with van der Waals surface area (Å²) in [4.78, 5) is 21.9. The SMILES string of the molecule is CCOc1ccc(-c2csc(NC(=O)C(C)Sc3nc(N)c(C#N)c(-c4ccc(C(C)C)cc4)c3C#N)n2)cc1. The average Bonchev–Trinajstić information content (AvgIpc) is 3.41. The van der Waals surface area contributed by atoms with Crippen molar-refractivity contribution in [3.63, 3.8) is 0 Å². The van der Waals surface area contributed by atoms with Gasteiger partial charge in [0.2, 0.25) is 5.91 Å². The van der Waals surface area contributed by atoms with E-state index in [1.54, 1.807) is 6.92 Å². The van der Waals surface area contributed by atoms with Gasteiger partial charge in [0.25, 0.3) is 0 Å². The predicted molar refractivity (Wildman–Crippen MR) is 160 cm³/mol. The van der Waals surface area contributed by atoms with Crippen LogP contribution in [0.2, 0.25) is 0 Å². The molecule has 0 aliphatic heterocycles. The highest BCUT2D eigenvalue weighted by atomic mass is 32.2. The molecule has 2 aromatic carbocycles. The Balaban J connectivity index is 1.55. The lowest BCUT2D eigenvalue weighted by Gasteiger charge is -2.16. The number of carbonyl (C=O) groups is 1. The van der Waals surface area contributed by atoms with Crippen LogP contribution in [0.3, 0.4) is 0 Å². The van der Waals surface area contributed by atoms with Gasteiger partial charge in [0.15, 0.2) is 5.13 Å². The molecule has 8 nitrogen and oxygen atoms in total. The third-order valence-electron chi connectivity index (χ3n) is 6.13. The first-order chi connectivity index (χ1) is 19.2. The summed E-state index contributed by atoms with van der Waals surface area (Å²) in [6.07, 6.45) is 0. The molecule has 2 aromatic heterocycles. The zero-order valence-corrected chi connectivity index (χ0v) is 24.2. The third kappa shape index (κ3) is 6.26. The average molecular weight is 569 g/mol. The van der Waals surface area contributed by atoms with Crippen LogP contribution in [0.25, 0.3) is 22.4 Å². The molecular formula is C30H28N6O2S2. The predicted octanol–water partition coefficient (Wildman–Crippen LogP) is 6.84. The number of amides is 1. The molecule has 3 N–H and O–H groups in total. The number of aromatic nitrogens is 2. The Kier molecular flexibility index (Phi) is 9.05. The molecule has 0 aliphatic carbocycles. The molecule has 4 rings (SSSR count). The second-order valence-electron chi connectivity index (χ2n) is 9.17. The topological polar surface area (TPSA) is 138 Å². The van der Waals surface area contributed by atoms with Crippen LogP contribution in [0.4, 0.5) is 10.9 Å². The van der Waals surface area contributed by atoms with Crippen molar-refractivity contribution < 1.29 is 9.53 Å². The van der Waals surface area contributed by atoms with Crippen LogP contribution < -0.4 is 15.8 Å². The van der Waals surface area contributed by atoms with Crippen molar-refractivity contribution in [2.45, 2.75) is 43.9 Å². The van der Waals surface area contributed by atoms with Crippen molar-refractivity contribution in [2.24, 2.45) is 0 Å². The molecule has 0 spiro atoms. The van der Waals surface area contributed by atoms with Crippen LogP contribution in [0.15, 0.2) is 58.9 Å². The summed E-state index contributed by atoms with van der Waals surface area (Å²) >= 11 is 2.43. The standard InChI is InChI=1S/C30H28N6O2S2/c1-5-38-22-12-10-20(11-13-22)25-16-39-30(34-25)36-28(37)18(4)40-29-24(15-32)26(23(14-31)27(33)35-29)21-8-6-19(7-9-21)17(2)3/h6-13,16-18H,5H2,1-4H3,(H2,33,35)(H,34,36,37). The minimum atomic E-state index is -0.624. The van der Waals surface area contributed by atoms with Crippen LogP contribution in [0.1, 0.15) is 50.3 Å². The fourth-order valence-electron chi connectivity index (χ4n) is 3.99. The summed E-state index contributed by atoms with van der Waals surface area (Å²) in [6.45, 7) is 8.43. The highest BCUT2D eigenvalue weighted by Gasteiger charge is 2.24. The van der Waals surface area contributed by atoms with E-state index in [0.717, 1.165) is 34.3 Å². The number of hydrogen-bond donors (Lipinski definition) is 2. The number of benzene rings is 2. The van der Waals surface area contributed by atoms with Gasteiger partial charge in [-0.3, -0.25) is 4.79 Å². The van der Waals surface area contributed by atoms with Gasteiger partial charge in [-0.25, -0.2) is 9.97 Å². The van der Waals surface area contributed by atoms with Crippen LogP contribution in [-0.4, -0.2) is 27.7 Å². The molecule has 10 heteroatoms. The Morgan fingerprint density at radius 1 is 1.02 bits per heavy atom. The van der Waals surface area contributed by atoms with Crippen molar-refractivity contribution in [3.8, 4) is 40.3 Å². The van der Waals surface area contributed by atoms with E-state index in [-0.39, 0.29) is 22.9 Å². The number of thiazole rings is 1. The number of ether oxygens (including phenoxy) is 1. The maximum absolute atomic E-state index is 13.1. The summed E-state index contributed by atoms with van der Waals surface area (Å²) in [5, 5.41) is 24.7. The first kappa shape index (κ1) is 28.6. The smallest absolute Gasteiger partial charge is 0.239 e. The van der Waals surface area contributed by atoms with Gasteiger partial charge in [-0.2, -0.15) is 10.5 Å². The van der Waals surface area contributed by atoms with E-state index >= 15 is 0 Å². The summed E-state index contributed by atoms with van der Waals surface area (Å²) < 4.78 is 5.49. The summed E-state index contributed by atoms with van der Waals surface area (Å²) in [5.74, 6) is 0.835. The van der Waals surface area contributed by atoms with Crippen LogP contribution in [0, 0.1) is 22.7 Å². The molecule has 0 saturated carbocycles. The first-order valence-electron chi connectivity index (χ1n) is 12.7. The van der Waals surface area contributed by atoms with Crippen molar-refractivity contribution in [3.05, 3.63) is 70.6 Å². The monoisotopic (exact) mass is 568 g/mol. The number of nitrogens with zero attached hydrogens (tertiary/aromatic N) is 4. The number of hydrogen-bond acceptors (Lipinski definition) is 9.